The number of hydrogen-bond acceptors (Lipinski definition) is 2. The maximum Gasteiger partial charge on any atom is 0.310 e. The number of rotatable bonds is 8. The van der Waals surface area contributed by atoms with Crippen LogP contribution in [0.5, 0.6) is 0 Å². The molecule has 0 unspecified atom stereocenters. The lowest BCUT2D eigenvalue weighted by Gasteiger charge is -2.34. The molecular formula is C11H27BN2. The molecule has 0 saturated carbocycles. The Morgan fingerprint density at radius 1 is 0.714 bits per heavy atom. The zero-order valence-corrected chi connectivity index (χ0v) is 10.7. The van der Waals surface area contributed by atoms with Gasteiger partial charge in [-0.05, 0) is 32.5 Å². The molecular weight excluding hydrogens is 171 g/mol. The van der Waals surface area contributed by atoms with Crippen LogP contribution in [-0.2, 0) is 0 Å². The van der Waals surface area contributed by atoms with Gasteiger partial charge in [0.1, 0.15) is 0 Å². The molecule has 0 aromatic carbocycles. The predicted octanol–water partition coefficient (Wildman–Crippen LogP) is 2.57. The molecule has 0 spiro atoms. The molecule has 0 amide bonds. The van der Waals surface area contributed by atoms with Crippen molar-refractivity contribution in [3.63, 3.8) is 0 Å². The first-order valence-corrected chi connectivity index (χ1v) is 6.23. The smallest absolute Gasteiger partial charge is 0.310 e. The second-order valence-corrected chi connectivity index (χ2v) is 3.71. The van der Waals surface area contributed by atoms with E-state index in [0.29, 0.717) is 6.98 Å². The zero-order chi connectivity index (χ0) is 11.0. The molecule has 84 valence electrons. The highest BCUT2D eigenvalue weighted by molar-refractivity contribution is 6.52. The summed E-state index contributed by atoms with van der Waals surface area (Å²) in [6.45, 7) is 16.6. The third kappa shape index (κ3) is 4.01. The Morgan fingerprint density at radius 2 is 1.07 bits per heavy atom. The van der Waals surface area contributed by atoms with Crippen molar-refractivity contribution in [2.75, 3.05) is 26.2 Å². The van der Waals surface area contributed by atoms with Crippen LogP contribution in [0.3, 0.4) is 0 Å². The standard InChI is InChI=1S/C11H27BN2/c1-6-11-12(13(7-2)8-3)14(9-4)10-5/h6-11H2,1-5H3. The average molecular weight is 198 g/mol. The fraction of sp³-hybridized carbons (Fsp3) is 1.00. The van der Waals surface area contributed by atoms with Gasteiger partial charge in [-0.2, -0.15) is 0 Å². The average Bonchev–Trinajstić information content (AvgIpc) is 2.21. The van der Waals surface area contributed by atoms with E-state index < -0.39 is 0 Å². The lowest BCUT2D eigenvalue weighted by Crippen LogP contribution is -2.52. The van der Waals surface area contributed by atoms with Gasteiger partial charge >= 0.3 is 6.98 Å². The summed E-state index contributed by atoms with van der Waals surface area (Å²) >= 11 is 0. The Bertz CT molecular complexity index is 110. The molecule has 0 bridgehead atoms. The van der Waals surface area contributed by atoms with E-state index in [1.165, 1.54) is 12.7 Å². The Labute approximate surface area is 90.8 Å². The van der Waals surface area contributed by atoms with Crippen molar-refractivity contribution in [3.8, 4) is 0 Å². The highest BCUT2D eigenvalue weighted by atomic mass is 15.2. The minimum Gasteiger partial charge on any atom is -0.329 e. The van der Waals surface area contributed by atoms with Crippen LogP contribution in [0.1, 0.15) is 41.0 Å². The van der Waals surface area contributed by atoms with E-state index >= 15 is 0 Å². The van der Waals surface area contributed by atoms with Crippen LogP contribution in [0, 0.1) is 0 Å². The van der Waals surface area contributed by atoms with Gasteiger partial charge in [-0.15, -0.1) is 0 Å². The second kappa shape index (κ2) is 8.31. The molecule has 0 aliphatic heterocycles. The summed E-state index contributed by atoms with van der Waals surface area (Å²) in [5, 5.41) is 0. The van der Waals surface area contributed by atoms with Crippen molar-refractivity contribution in [2.45, 2.75) is 47.4 Å². The molecule has 0 fully saturated rings. The van der Waals surface area contributed by atoms with E-state index in [1.54, 1.807) is 0 Å². The lowest BCUT2D eigenvalue weighted by atomic mass is 9.66. The lowest BCUT2D eigenvalue weighted by molar-refractivity contribution is 0.375. The van der Waals surface area contributed by atoms with Crippen molar-refractivity contribution >= 4 is 6.98 Å². The number of hydrogen-bond donors (Lipinski definition) is 0. The second-order valence-electron chi connectivity index (χ2n) is 3.71. The van der Waals surface area contributed by atoms with Gasteiger partial charge < -0.3 is 9.62 Å². The van der Waals surface area contributed by atoms with Gasteiger partial charge in [-0.1, -0.05) is 41.0 Å². The van der Waals surface area contributed by atoms with Crippen molar-refractivity contribution < 1.29 is 0 Å². The molecule has 0 heterocycles. The summed E-state index contributed by atoms with van der Waals surface area (Å²) in [5.41, 5.74) is 0. The Hall–Kier alpha value is -0.0151. The molecule has 0 rings (SSSR count). The van der Waals surface area contributed by atoms with Crippen LogP contribution < -0.4 is 0 Å². The molecule has 0 aromatic rings. The topological polar surface area (TPSA) is 6.48 Å². The third-order valence-corrected chi connectivity index (χ3v) is 3.01. The van der Waals surface area contributed by atoms with Crippen LogP contribution in [0.15, 0.2) is 0 Å². The highest BCUT2D eigenvalue weighted by Gasteiger charge is 2.25. The summed E-state index contributed by atoms with van der Waals surface area (Å²) in [7, 11) is 0. The SMILES string of the molecule is CCCB(N(CC)CC)N(CC)CC. The predicted molar refractivity (Wildman–Crippen MR) is 66.7 cm³/mol. The zero-order valence-electron chi connectivity index (χ0n) is 10.7. The minimum absolute atomic E-state index is 0.657. The molecule has 2 nitrogen and oxygen atoms in total. The first kappa shape index (κ1) is 14.0. The largest absolute Gasteiger partial charge is 0.329 e. The van der Waals surface area contributed by atoms with E-state index in [9.17, 15) is 0 Å². The van der Waals surface area contributed by atoms with Crippen LogP contribution in [0.25, 0.3) is 0 Å². The maximum absolute atomic E-state index is 2.57. The Kier molecular flexibility index (Phi) is 8.30. The van der Waals surface area contributed by atoms with Crippen LogP contribution in [-0.4, -0.2) is 42.8 Å². The normalized spacial score (nSPS) is 11.4. The molecule has 0 saturated heterocycles. The van der Waals surface area contributed by atoms with E-state index in [-0.39, 0.29) is 0 Å². The Morgan fingerprint density at radius 3 is 1.29 bits per heavy atom. The van der Waals surface area contributed by atoms with Gasteiger partial charge in [-0.25, -0.2) is 0 Å². The van der Waals surface area contributed by atoms with Crippen LogP contribution >= 0.6 is 0 Å². The molecule has 0 atom stereocenters. The van der Waals surface area contributed by atoms with Crippen LogP contribution in [0.2, 0.25) is 6.32 Å². The van der Waals surface area contributed by atoms with E-state index in [0.717, 1.165) is 26.2 Å². The van der Waals surface area contributed by atoms with Gasteiger partial charge in [-0.3, -0.25) is 0 Å². The van der Waals surface area contributed by atoms with Gasteiger partial charge in [0.2, 0.25) is 0 Å². The van der Waals surface area contributed by atoms with Crippen molar-refractivity contribution in [3.05, 3.63) is 0 Å². The van der Waals surface area contributed by atoms with Gasteiger partial charge in [0.15, 0.2) is 0 Å². The summed E-state index contributed by atoms with van der Waals surface area (Å²) < 4.78 is 0. The quantitative estimate of drug-likeness (QED) is 0.553. The minimum atomic E-state index is 0.657. The summed E-state index contributed by atoms with van der Waals surface area (Å²) in [4.78, 5) is 5.13. The van der Waals surface area contributed by atoms with Gasteiger partial charge in [0.25, 0.3) is 0 Å². The van der Waals surface area contributed by atoms with Crippen LogP contribution in [0.4, 0.5) is 0 Å². The first-order valence-electron chi connectivity index (χ1n) is 6.23. The third-order valence-electron chi connectivity index (χ3n) is 3.01. The molecule has 0 aliphatic carbocycles. The fourth-order valence-corrected chi connectivity index (χ4v) is 2.14. The molecule has 3 heteroatoms. The van der Waals surface area contributed by atoms with Crippen molar-refractivity contribution in [1.82, 2.24) is 9.62 Å². The number of nitrogens with zero attached hydrogens (tertiary/aromatic N) is 2. The highest BCUT2D eigenvalue weighted by Crippen LogP contribution is 2.08. The molecule has 0 aliphatic rings. The molecule has 0 radical (unpaired) electrons. The molecule has 0 aromatic heterocycles. The van der Waals surface area contributed by atoms with Crippen molar-refractivity contribution in [2.24, 2.45) is 0 Å². The van der Waals surface area contributed by atoms with E-state index in [4.69, 9.17) is 0 Å². The monoisotopic (exact) mass is 198 g/mol. The van der Waals surface area contributed by atoms with E-state index in [2.05, 4.69) is 44.2 Å². The summed E-state index contributed by atoms with van der Waals surface area (Å²) in [6, 6.07) is 0. The van der Waals surface area contributed by atoms with E-state index in [1.807, 2.05) is 0 Å². The van der Waals surface area contributed by atoms with Crippen molar-refractivity contribution in [1.29, 1.82) is 0 Å². The first-order chi connectivity index (χ1) is 6.74. The summed E-state index contributed by atoms with van der Waals surface area (Å²) in [6.07, 6.45) is 2.57. The fourth-order valence-electron chi connectivity index (χ4n) is 2.14. The molecule has 14 heavy (non-hydrogen) atoms. The van der Waals surface area contributed by atoms with Gasteiger partial charge in [0.05, 0.1) is 0 Å². The van der Waals surface area contributed by atoms with Gasteiger partial charge in [0, 0.05) is 0 Å². The Balaban J connectivity index is 4.36. The summed E-state index contributed by atoms with van der Waals surface area (Å²) in [5.74, 6) is 0. The maximum atomic E-state index is 2.57. The molecule has 0 N–H and O–H groups in total.